The van der Waals surface area contributed by atoms with Crippen molar-refractivity contribution in [2.45, 2.75) is 19.4 Å². The van der Waals surface area contributed by atoms with Crippen molar-refractivity contribution in [2.75, 3.05) is 5.32 Å². The van der Waals surface area contributed by atoms with Gasteiger partial charge in [-0.05, 0) is 30.0 Å². The molecule has 2 aromatic heterocycles. The van der Waals surface area contributed by atoms with E-state index in [4.69, 9.17) is 23.2 Å². The van der Waals surface area contributed by atoms with Crippen LogP contribution in [0.3, 0.4) is 0 Å². The van der Waals surface area contributed by atoms with Crippen molar-refractivity contribution >= 4 is 40.4 Å². The van der Waals surface area contributed by atoms with Crippen molar-refractivity contribution in [1.82, 2.24) is 15.2 Å². The van der Waals surface area contributed by atoms with E-state index >= 15 is 0 Å². The van der Waals surface area contributed by atoms with Crippen LogP contribution in [0.25, 0.3) is 0 Å². The van der Waals surface area contributed by atoms with Crippen LogP contribution in [0, 0.1) is 0 Å². The van der Waals surface area contributed by atoms with Crippen LogP contribution in [0.4, 0.5) is 5.82 Å². The number of hydrogen-bond acceptors (Lipinski definition) is 5. The van der Waals surface area contributed by atoms with Crippen molar-refractivity contribution in [3.63, 3.8) is 0 Å². The molecule has 0 spiro atoms. The van der Waals surface area contributed by atoms with Crippen molar-refractivity contribution < 1.29 is 0 Å². The van der Waals surface area contributed by atoms with Crippen LogP contribution in [0.15, 0.2) is 17.5 Å². The molecule has 1 atom stereocenters. The minimum absolute atomic E-state index is 0.0835. The van der Waals surface area contributed by atoms with E-state index < -0.39 is 0 Å². The summed E-state index contributed by atoms with van der Waals surface area (Å²) in [6, 6.07) is 4.32. The number of nitrogens with zero attached hydrogens (tertiary/aromatic N) is 3. The Balaban J connectivity index is 2.02. The van der Waals surface area contributed by atoms with E-state index in [2.05, 4.69) is 31.9 Å². The summed E-state index contributed by atoms with van der Waals surface area (Å²) in [5, 5.41) is 12.8. The summed E-state index contributed by atoms with van der Waals surface area (Å²) in [7, 11) is 0. The van der Waals surface area contributed by atoms with E-state index in [0.29, 0.717) is 5.82 Å². The molecular formula is C10H10Cl2N4S. The lowest BCUT2D eigenvalue weighted by Crippen LogP contribution is -2.19. The van der Waals surface area contributed by atoms with Gasteiger partial charge in [0, 0.05) is 17.3 Å². The quantitative estimate of drug-likeness (QED) is 0.938. The highest BCUT2D eigenvalue weighted by Crippen LogP contribution is 2.19. The maximum atomic E-state index is 5.87. The third kappa shape index (κ3) is 3.52. The van der Waals surface area contributed by atoms with E-state index in [0.717, 1.165) is 6.42 Å². The number of rotatable bonds is 4. The van der Waals surface area contributed by atoms with Crippen molar-refractivity contribution in [2.24, 2.45) is 0 Å². The third-order valence-corrected chi connectivity index (χ3v) is 3.40. The molecule has 90 valence electrons. The van der Waals surface area contributed by atoms with Gasteiger partial charge in [0.15, 0.2) is 11.0 Å². The molecule has 0 bridgehead atoms. The number of nitrogens with one attached hydrogen (secondary N) is 1. The van der Waals surface area contributed by atoms with Crippen LogP contribution >= 0.6 is 34.5 Å². The molecule has 0 fully saturated rings. The lowest BCUT2D eigenvalue weighted by molar-refractivity contribution is 0.788. The van der Waals surface area contributed by atoms with Gasteiger partial charge in [0.05, 0.1) is 0 Å². The summed E-state index contributed by atoms with van der Waals surface area (Å²) in [5.41, 5.74) is 0. The van der Waals surface area contributed by atoms with Crippen molar-refractivity contribution in [3.8, 4) is 0 Å². The van der Waals surface area contributed by atoms with E-state index in [1.807, 2.05) is 13.0 Å². The molecule has 1 N–H and O–H groups in total. The summed E-state index contributed by atoms with van der Waals surface area (Å²) >= 11 is 13.3. The Bertz CT molecular complexity index is 489. The van der Waals surface area contributed by atoms with Gasteiger partial charge in [-0.15, -0.1) is 21.5 Å². The Labute approximate surface area is 113 Å². The summed E-state index contributed by atoms with van der Waals surface area (Å²) in [4.78, 5) is 5.29. The van der Waals surface area contributed by atoms with Crippen LogP contribution in [-0.2, 0) is 6.42 Å². The topological polar surface area (TPSA) is 50.7 Å². The third-order valence-electron chi connectivity index (χ3n) is 2.09. The molecule has 0 amide bonds. The molecule has 2 rings (SSSR count). The number of anilines is 1. The maximum Gasteiger partial charge on any atom is 0.245 e. The second-order valence-electron chi connectivity index (χ2n) is 3.55. The zero-order valence-electron chi connectivity index (χ0n) is 9.02. The normalized spacial score (nSPS) is 12.4. The van der Waals surface area contributed by atoms with E-state index in [1.54, 1.807) is 11.3 Å². The molecule has 0 radical (unpaired) electrons. The minimum Gasteiger partial charge on any atom is -0.365 e. The smallest absolute Gasteiger partial charge is 0.245 e. The lowest BCUT2D eigenvalue weighted by atomic mass is 10.2. The number of hydrogen-bond donors (Lipinski definition) is 1. The lowest BCUT2D eigenvalue weighted by Gasteiger charge is -2.13. The fourth-order valence-electron chi connectivity index (χ4n) is 1.40. The first-order valence-electron chi connectivity index (χ1n) is 5.00. The summed E-state index contributed by atoms with van der Waals surface area (Å²) in [6.07, 6.45) is 0.898. The van der Waals surface area contributed by atoms with Crippen molar-refractivity contribution in [1.29, 1.82) is 0 Å². The average Bonchev–Trinajstić information content (AvgIpc) is 2.76. The van der Waals surface area contributed by atoms with Crippen LogP contribution in [0.5, 0.6) is 0 Å². The van der Waals surface area contributed by atoms with Gasteiger partial charge in [0.25, 0.3) is 0 Å². The van der Waals surface area contributed by atoms with E-state index in [-0.39, 0.29) is 16.5 Å². The molecule has 0 aliphatic carbocycles. The Morgan fingerprint density at radius 1 is 1.41 bits per heavy atom. The molecule has 0 aliphatic rings. The highest BCUT2D eigenvalue weighted by atomic mass is 35.5. The standard InChI is InChI=1S/C10H10Cl2N4S/c1-6(5-7-3-2-4-17-7)13-9-8(11)15-16-10(12)14-9/h2-4,6H,5H2,1H3,(H,13,14,16). The predicted molar refractivity (Wildman–Crippen MR) is 71.0 cm³/mol. The van der Waals surface area contributed by atoms with Crippen LogP contribution < -0.4 is 5.32 Å². The maximum absolute atomic E-state index is 5.87. The molecule has 2 aromatic rings. The number of thiophene rings is 1. The minimum atomic E-state index is 0.0835. The van der Waals surface area contributed by atoms with E-state index in [9.17, 15) is 0 Å². The zero-order valence-corrected chi connectivity index (χ0v) is 11.4. The predicted octanol–water partition coefficient (Wildman–Crippen LogP) is 3.28. The summed E-state index contributed by atoms with van der Waals surface area (Å²) < 4.78 is 0. The Morgan fingerprint density at radius 3 is 2.94 bits per heavy atom. The van der Waals surface area contributed by atoms with Gasteiger partial charge in [-0.3, -0.25) is 0 Å². The molecule has 4 nitrogen and oxygen atoms in total. The van der Waals surface area contributed by atoms with Gasteiger partial charge in [0.2, 0.25) is 5.28 Å². The Kier molecular flexibility index (Phi) is 4.15. The van der Waals surface area contributed by atoms with Crippen molar-refractivity contribution in [3.05, 3.63) is 32.8 Å². The molecule has 0 aliphatic heterocycles. The van der Waals surface area contributed by atoms with Crippen LogP contribution in [0.2, 0.25) is 10.4 Å². The number of aromatic nitrogens is 3. The van der Waals surface area contributed by atoms with Gasteiger partial charge in [0.1, 0.15) is 0 Å². The van der Waals surface area contributed by atoms with E-state index in [1.165, 1.54) is 4.88 Å². The second kappa shape index (κ2) is 5.62. The molecule has 0 saturated heterocycles. The Morgan fingerprint density at radius 2 is 2.24 bits per heavy atom. The fraction of sp³-hybridized carbons (Fsp3) is 0.300. The van der Waals surface area contributed by atoms with Gasteiger partial charge in [-0.1, -0.05) is 17.7 Å². The second-order valence-corrected chi connectivity index (χ2v) is 5.28. The SMILES string of the molecule is CC(Cc1cccs1)Nc1nc(Cl)nnc1Cl. The highest BCUT2D eigenvalue weighted by molar-refractivity contribution is 7.09. The van der Waals surface area contributed by atoms with Gasteiger partial charge in [-0.25, -0.2) is 0 Å². The van der Waals surface area contributed by atoms with Gasteiger partial charge in [-0.2, -0.15) is 4.98 Å². The molecule has 7 heteroatoms. The molecule has 0 aromatic carbocycles. The number of halogens is 2. The molecule has 0 saturated carbocycles. The fourth-order valence-corrected chi connectivity index (χ4v) is 2.49. The first-order valence-corrected chi connectivity index (χ1v) is 6.63. The summed E-state index contributed by atoms with van der Waals surface area (Å²) in [5.74, 6) is 0.468. The van der Waals surface area contributed by atoms with Gasteiger partial charge >= 0.3 is 0 Å². The van der Waals surface area contributed by atoms with Crippen LogP contribution in [0.1, 0.15) is 11.8 Å². The monoisotopic (exact) mass is 288 g/mol. The molecule has 1 unspecified atom stereocenters. The molecule has 17 heavy (non-hydrogen) atoms. The Hall–Kier alpha value is -0.910. The first kappa shape index (κ1) is 12.5. The highest BCUT2D eigenvalue weighted by Gasteiger charge is 2.10. The molecular weight excluding hydrogens is 279 g/mol. The zero-order chi connectivity index (χ0) is 12.3. The van der Waals surface area contributed by atoms with Gasteiger partial charge < -0.3 is 5.32 Å². The average molecular weight is 289 g/mol. The van der Waals surface area contributed by atoms with Crippen LogP contribution in [-0.4, -0.2) is 21.2 Å². The molecule has 2 heterocycles. The largest absolute Gasteiger partial charge is 0.365 e. The summed E-state index contributed by atoms with van der Waals surface area (Å²) in [6.45, 7) is 2.05. The first-order chi connectivity index (χ1) is 8.15.